The molecule has 0 radical (unpaired) electrons. The van der Waals surface area contributed by atoms with Crippen molar-refractivity contribution >= 4 is 21.8 Å². The number of hydrogen-bond donors (Lipinski definition) is 2. The molecule has 2 aromatic carbocycles. The Morgan fingerprint density at radius 3 is 2.70 bits per heavy atom. The zero-order valence-corrected chi connectivity index (χ0v) is 12.7. The summed E-state index contributed by atoms with van der Waals surface area (Å²) in [4.78, 5) is 20.4. The number of hydrogen-bond acceptors (Lipinski definition) is 3. The van der Waals surface area contributed by atoms with Gasteiger partial charge in [0.15, 0.2) is 0 Å². The number of nitrogens with zero attached hydrogens (tertiary/aromatic N) is 2. The first-order chi connectivity index (χ1) is 11.2. The summed E-state index contributed by atoms with van der Waals surface area (Å²) < 4.78 is 1.52. The minimum Gasteiger partial charge on any atom is -0.361 e. The highest BCUT2D eigenvalue weighted by atomic mass is 16.1. The molecule has 0 bridgehead atoms. The largest absolute Gasteiger partial charge is 0.361 e. The lowest BCUT2D eigenvalue weighted by Crippen LogP contribution is -2.31. The van der Waals surface area contributed by atoms with E-state index in [0.717, 1.165) is 22.0 Å². The summed E-state index contributed by atoms with van der Waals surface area (Å²) in [6.07, 6.45) is 1.96. The van der Waals surface area contributed by atoms with Crippen LogP contribution in [0.3, 0.4) is 0 Å². The maximum atomic E-state index is 12.6. The standard InChI is InChI=1S/C18H16N4O/c1-12-21-17-9-5-3-7-15(17)18(23)22(12)20-11-13-10-19-16-8-4-2-6-14(13)16/h2-10,19-20H,11H2,1H3. The Hall–Kier alpha value is -3.08. The predicted octanol–water partition coefficient (Wildman–Crippen LogP) is 2.93. The maximum Gasteiger partial charge on any atom is 0.279 e. The summed E-state index contributed by atoms with van der Waals surface area (Å²) >= 11 is 0. The van der Waals surface area contributed by atoms with Crippen molar-refractivity contribution in [1.29, 1.82) is 0 Å². The number of nitrogens with one attached hydrogen (secondary N) is 2. The second kappa shape index (κ2) is 5.28. The van der Waals surface area contributed by atoms with Gasteiger partial charge in [-0.25, -0.2) is 9.66 Å². The van der Waals surface area contributed by atoms with Crippen molar-refractivity contribution in [1.82, 2.24) is 14.6 Å². The lowest BCUT2D eigenvalue weighted by Gasteiger charge is -2.12. The summed E-state index contributed by atoms with van der Waals surface area (Å²) in [5, 5.41) is 1.77. The van der Waals surface area contributed by atoms with Gasteiger partial charge >= 0.3 is 0 Å². The molecule has 0 spiro atoms. The smallest absolute Gasteiger partial charge is 0.279 e. The predicted molar refractivity (Wildman–Crippen MR) is 92.1 cm³/mol. The topological polar surface area (TPSA) is 62.7 Å². The van der Waals surface area contributed by atoms with Crippen LogP contribution in [0.5, 0.6) is 0 Å². The van der Waals surface area contributed by atoms with Crippen LogP contribution >= 0.6 is 0 Å². The van der Waals surface area contributed by atoms with Crippen LogP contribution in [0.4, 0.5) is 0 Å². The number of aromatic nitrogens is 3. The normalized spacial score (nSPS) is 11.2. The van der Waals surface area contributed by atoms with Crippen molar-refractivity contribution in [2.24, 2.45) is 0 Å². The maximum absolute atomic E-state index is 12.6. The van der Waals surface area contributed by atoms with Crippen LogP contribution in [0, 0.1) is 6.92 Å². The summed E-state index contributed by atoms with van der Waals surface area (Å²) in [5.74, 6) is 0.647. The van der Waals surface area contributed by atoms with Crippen LogP contribution in [0.25, 0.3) is 21.8 Å². The van der Waals surface area contributed by atoms with Gasteiger partial charge in [0, 0.05) is 17.1 Å². The molecule has 5 nitrogen and oxygen atoms in total. The van der Waals surface area contributed by atoms with Crippen molar-refractivity contribution < 1.29 is 0 Å². The van der Waals surface area contributed by atoms with E-state index in [1.54, 1.807) is 6.07 Å². The first kappa shape index (κ1) is 13.6. The van der Waals surface area contributed by atoms with E-state index >= 15 is 0 Å². The van der Waals surface area contributed by atoms with Gasteiger partial charge in [-0.1, -0.05) is 30.3 Å². The summed E-state index contributed by atoms with van der Waals surface area (Å²) in [7, 11) is 0. The van der Waals surface area contributed by atoms with Gasteiger partial charge in [0.2, 0.25) is 0 Å². The number of fused-ring (bicyclic) bond motifs is 2. The quantitative estimate of drug-likeness (QED) is 0.612. The minimum absolute atomic E-state index is 0.0760. The van der Waals surface area contributed by atoms with Crippen LogP contribution < -0.4 is 11.0 Å². The van der Waals surface area contributed by atoms with Crippen LogP contribution in [-0.2, 0) is 6.54 Å². The molecule has 0 saturated heterocycles. The molecule has 0 aliphatic rings. The molecule has 2 N–H and O–H groups in total. The first-order valence-electron chi connectivity index (χ1n) is 7.51. The SMILES string of the molecule is Cc1nc2ccccc2c(=O)n1NCc1c[nH]c2ccccc12. The van der Waals surface area contributed by atoms with E-state index < -0.39 is 0 Å². The molecule has 2 aromatic heterocycles. The summed E-state index contributed by atoms with van der Waals surface area (Å²) in [5.41, 5.74) is 6.04. The second-order valence-electron chi connectivity index (χ2n) is 5.51. The van der Waals surface area contributed by atoms with Crippen molar-refractivity contribution in [2.75, 3.05) is 5.43 Å². The number of aromatic amines is 1. The first-order valence-corrected chi connectivity index (χ1v) is 7.51. The average Bonchev–Trinajstić information content (AvgIpc) is 2.98. The summed E-state index contributed by atoms with van der Waals surface area (Å²) in [6.45, 7) is 2.38. The molecule has 4 aromatic rings. The Labute approximate surface area is 132 Å². The molecule has 0 aliphatic heterocycles. The number of rotatable bonds is 3. The van der Waals surface area contributed by atoms with E-state index in [0.29, 0.717) is 17.8 Å². The van der Waals surface area contributed by atoms with Crippen molar-refractivity contribution in [2.45, 2.75) is 13.5 Å². The van der Waals surface area contributed by atoms with Gasteiger partial charge in [-0.15, -0.1) is 0 Å². The molecule has 0 unspecified atom stereocenters. The van der Waals surface area contributed by atoms with Gasteiger partial charge < -0.3 is 10.4 Å². The molecule has 0 atom stereocenters. The Kier molecular flexibility index (Phi) is 3.12. The van der Waals surface area contributed by atoms with E-state index in [1.807, 2.05) is 49.5 Å². The monoisotopic (exact) mass is 304 g/mol. The number of H-pyrrole nitrogens is 1. The average molecular weight is 304 g/mol. The lowest BCUT2D eigenvalue weighted by molar-refractivity contribution is 0.756. The molecular formula is C18H16N4O. The van der Waals surface area contributed by atoms with Crippen molar-refractivity contribution in [3.63, 3.8) is 0 Å². The fourth-order valence-electron chi connectivity index (χ4n) is 2.87. The Bertz CT molecular complexity index is 1060. The van der Waals surface area contributed by atoms with Gasteiger partial charge in [-0.05, 0) is 30.7 Å². The molecule has 2 heterocycles. The zero-order chi connectivity index (χ0) is 15.8. The van der Waals surface area contributed by atoms with E-state index in [4.69, 9.17) is 0 Å². The molecule has 114 valence electrons. The second-order valence-corrected chi connectivity index (χ2v) is 5.51. The Morgan fingerprint density at radius 2 is 1.83 bits per heavy atom. The van der Waals surface area contributed by atoms with E-state index in [-0.39, 0.29) is 5.56 Å². The third-order valence-electron chi connectivity index (χ3n) is 4.05. The third kappa shape index (κ3) is 2.26. The molecule has 4 rings (SSSR count). The molecule has 0 aliphatic carbocycles. The van der Waals surface area contributed by atoms with Gasteiger partial charge in [0.1, 0.15) is 5.82 Å². The number of benzene rings is 2. The van der Waals surface area contributed by atoms with Gasteiger partial charge in [0.25, 0.3) is 5.56 Å². The van der Waals surface area contributed by atoms with E-state index in [1.165, 1.54) is 4.68 Å². The molecule has 0 amide bonds. The van der Waals surface area contributed by atoms with Crippen LogP contribution in [0.2, 0.25) is 0 Å². The van der Waals surface area contributed by atoms with Crippen molar-refractivity contribution in [3.8, 4) is 0 Å². The fourth-order valence-corrected chi connectivity index (χ4v) is 2.87. The number of para-hydroxylation sites is 2. The molecule has 23 heavy (non-hydrogen) atoms. The molecule has 5 heteroatoms. The minimum atomic E-state index is -0.0760. The Morgan fingerprint density at radius 1 is 1.09 bits per heavy atom. The van der Waals surface area contributed by atoms with Crippen LogP contribution in [0.15, 0.2) is 59.5 Å². The molecule has 0 saturated carbocycles. The van der Waals surface area contributed by atoms with E-state index in [2.05, 4.69) is 21.5 Å². The van der Waals surface area contributed by atoms with E-state index in [9.17, 15) is 4.79 Å². The zero-order valence-electron chi connectivity index (χ0n) is 12.7. The highest BCUT2D eigenvalue weighted by Gasteiger charge is 2.08. The fraction of sp³-hybridized carbons (Fsp3) is 0.111. The van der Waals surface area contributed by atoms with Crippen molar-refractivity contribution in [3.05, 3.63) is 76.5 Å². The highest BCUT2D eigenvalue weighted by Crippen LogP contribution is 2.17. The van der Waals surface area contributed by atoms with Crippen LogP contribution in [0.1, 0.15) is 11.4 Å². The molecular weight excluding hydrogens is 288 g/mol. The molecule has 0 fully saturated rings. The van der Waals surface area contributed by atoms with Gasteiger partial charge in [0.05, 0.1) is 17.4 Å². The third-order valence-corrected chi connectivity index (χ3v) is 4.05. The lowest BCUT2D eigenvalue weighted by atomic mass is 10.2. The summed E-state index contributed by atoms with van der Waals surface area (Å²) in [6, 6.07) is 15.5. The highest BCUT2D eigenvalue weighted by molar-refractivity contribution is 5.83. The van der Waals surface area contributed by atoms with Gasteiger partial charge in [-0.2, -0.15) is 0 Å². The Balaban J connectivity index is 1.72. The number of aryl methyl sites for hydroxylation is 1. The van der Waals surface area contributed by atoms with Gasteiger partial charge in [-0.3, -0.25) is 4.79 Å². The van der Waals surface area contributed by atoms with Crippen LogP contribution in [-0.4, -0.2) is 14.6 Å².